The Morgan fingerprint density at radius 1 is 0.292 bits per heavy atom. The Labute approximate surface area is 588 Å². The van der Waals surface area contributed by atoms with Gasteiger partial charge in [-0.1, -0.05) is 356 Å². The highest BCUT2D eigenvalue weighted by atomic mass is 31.2. The van der Waals surface area contributed by atoms with E-state index in [1.54, 1.807) is 0 Å². The van der Waals surface area contributed by atoms with Crippen LogP contribution in [0.1, 0.15) is 407 Å². The van der Waals surface area contributed by atoms with Crippen LogP contribution >= 0.6 is 15.6 Å². The van der Waals surface area contributed by atoms with Crippen molar-refractivity contribution >= 4 is 39.5 Å². The van der Waals surface area contributed by atoms with Gasteiger partial charge in [-0.3, -0.25) is 37.3 Å². The molecule has 0 aliphatic carbocycles. The number of esters is 4. The third-order valence-corrected chi connectivity index (χ3v) is 20.3. The van der Waals surface area contributed by atoms with Crippen molar-refractivity contribution in [3.63, 3.8) is 0 Å². The van der Waals surface area contributed by atoms with Crippen molar-refractivity contribution in [1.29, 1.82) is 0 Å². The maximum atomic E-state index is 13.1. The summed E-state index contributed by atoms with van der Waals surface area (Å²) in [5.74, 6) is -1.25. The van der Waals surface area contributed by atoms with Gasteiger partial charge in [0.1, 0.15) is 19.3 Å². The Bertz CT molecular complexity index is 1840. The molecule has 0 saturated carbocycles. The van der Waals surface area contributed by atoms with E-state index >= 15 is 0 Å². The summed E-state index contributed by atoms with van der Waals surface area (Å²) in [6, 6.07) is 0. The minimum Gasteiger partial charge on any atom is -0.462 e. The molecular weight excluding hydrogens is 1260 g/mol. The standard InChI is InChI=1S/C77H150O17P2/c1-6-10-13-16-18-20-22-24-25-31-35-38-42-46-51-56-61-75(80)88-67-73(94-77(82)63-58-53-48-44-40-36-32-29-27-26-28-30-34-37-41-45-50-54-59-70(5)9-4)69-92-96(85,86)90-65-71(78)64-89-95(83,84)91-68-72(66-87-74(79)60-55-49-15-12-8-3)93-76(81)62-57-52-47-43-39-33-23-21-19-17-14-11-7-2/h70-73,78H,6-69H2,1-5H3,(H,83,84)(H,85,86)/t70?,71-,72+,73+/m0/s1. The zero-order valence-electron chi connectivity index (χ0n) is 62.5. The molecule has 19 heteroatoms. The molecule has 0 aromatic heterocycles. The molecule has 570 valence electrons. The number of phosphoric ester groups is 2. The molecule has 6 atom stereocenters. The molecule has 3 unspecified atom stereocenters. The van der Waals surface area contributed by atoms with Crippen molar-refractivity contribution in [2.75, 3.05) is 39.6 Å². The summed E-state index contributed by atoms with van der Waals surface area (Å²) in [7, 11) is -9.90. The maximum absolute atomic E-state index is 13.1. The molecule has 3 N–H and O–H groups in total. The van der Waals surface area contributed by atoms with Crippen LogP contribution in [0.4, 0.5) is 0 Å². The van der Waals surface area contributed by atoms with E-state index in [2.05, 4.69) is 34.6 Å². The van der Waals surface area contributed by atoms with Gasteiger partial charge in [-0.15, -0.1) is 0 Å². The topological polar surface area (TPSA) is 237 Å². The van der Waals surface area contributed by atoms with Crippen LogP contribution in [0.15, 0.2) is 0 Å². The van der Waals surface area contributed by atoms with Crippen LogP contribution in [-0.2, 0) is 65.4 Å². The van der Waals surface area contributed by atoms with E-state index in [1.807, 2.05) is 0 Å². The van der Waals surface area contributed by atoms with E-state index < -0.39 is 97.5 Å². The first-order chi connectivity index (χ1) is 46.6. The number of carbonyl (C=O) groups is 4. The maximum Gasteiger partial charge on any atom is 0.472 e. The van der Waals surface area contributed by atoms with Crippen LogP contribution in [0, 0.1) is 5.92 Å². The van der Waals surface area contributed by atoms with E-state index in [0.717, 1.165) is 102 Å². The number of ether oxygens (including phenoxy) is 4. The molecule has 0 spiro atoms. The fraction of sp³-hybridized carbons (Fsp3) is 0.948. The first kappa shape index (κ1) is 94.1. The number of carbonyl (C=O) groups excluding carboxylic acids is 4. The molecule has 0 heterocycles. The van der Waals surface area contributed by atoms with Crippen molar-refractivity contribution < 1.29 is 80.2 Å². The van der Waals surface area contributed by atoms with Gasteiger partial charge in [0.05, 0.1) is 26.4 Å². The molecule has 0 aliphatic rings. The second kappa shape index (κ2) is 70.1. The van der Waals surface area contributed by atoms with E-state index in [9.17, 15) is 43.2 Å². The average molecular weight is 1410 g/mol. The third-order valence-electron chi connectivity index (χ3n) is 18.4. The Morgan fingerprint density at radius 2 is 0.500 bits per heavy atom. The van der Waals surface area contributed by atoms with Gasteiger partial charge in [-0.2, -0.15) is 0 Å². The minimum absolute atomic E-state index is 0.107. The summed E-state index contributed by atoms with van der Waals surface area (Å²) < 4.78 is 68.3. The van der Waals surface area contributed by atoms with Crippen molar-refractivity contribution in [2.45, 2.75) is 425 Å². The third kappa shape index (κ3) is 69.2. The molecule has 0 saturated heterocycles. The predicted octanol–water partition coefficient (Wildman–Crippen LogP) is 22.9. The summed E-state index contributed by atoms with van der Waals surface area (Å²) in [6.07, 6.45) is 60.0. The molecule has 0 fully saturated rings. The summed E-state index contributed by atoms with van der Waals surface area (Å²) >= 11 is 0. The summed E-state index contributed by atoms with van der Waals surface area (Å²) in [6.45, 7) is 7.28. The van der Waals surface area contributed by atoms with E-state index in [1.165, 1.54) is 225 Å². The Balaban J connectivity index is 5.11. The molecule has 0 aromatic carbocycles. The lowest BCUT2D eigenvalue weighted by Crippen LogP contribution is -2.30. The molecule has 0 radical (unpaired) electrons. The van der Waals surface area contributed by atoms with Crippen molar-refractivity contribution in [1.82, 2.24) is 0 Å². The Kier molecular flexibility index (Phi) is 68.7. The molecule has 0 aromatic rings. The number of aliphatic hydroxyl groups excluding tert-OH is 1. The van der Waals surface area contributed by atoms with Gasteiger partial charge < -0.3 is 33.8 Å². The number of rotatable bonds is 77. The number of hydrogen-bond donors (Lipinski definition) is 3. The van der Waals surface area contributed by atoms with Crippen LogP contribution in [0.5, 0.6) is 0 Å². The normalized spacial score (nSPS) is 14.2. The fourth-order valence-electron chi connectivity index (χ4n) is 11.8. The predicted molar refractivity (Wildman–Crippen MR) is 391 cm³/mol. The van der Waals surface area contributed by atoms with Gasteiger partial charge in [0.2, 0.25) is 0 Å². The lowest BCUT2D eigenvalue weighted by molar-refractivity contribution is -0.161. The van der Waals surface area contributed by atoms with Crippen molar-refractivity contribution in [3.8, 4) is 0 Å². The fourth-order valence-corrected chi connectivity index (χ4v) is 13.4. The van der Waals surface area contributed by atoms with Gasteiger partial charge in [-0.05, 0) is 31.6 Å². The molecule has 0 aliphatic heterocycles. The molecule has 17 nitrogen and oxygen atoms in total. The molecule has 0 amide bonds. The van der Waals surface area contributed by atoms with Gasteiger partial charge in [0.25, 0.3) is 0 Å². The summed E-state index contributed by atoms with van der Waals surface area (Å²) in [5.41, 5.74) is 0. The van der Waals surface area contributed by atoms with Crippen LogP contribution in [0.25, 0.3) is 0 Å². The summed E-state index contributed by atoms with van der Waals surface area (Å²) in [4.78, 5) is 72.5. The summed E-state index contributed by atoms with van der Waals surface area (Å²) in [5, 5.41) is 10.6. The van der Waals surface area contributed by atoms with E-state index in [-0.39, 0.29) is 25.7 Å². The molecule has 0 rings (SSSR count). The van der Waals surface area contributed by atoms with Crippen LogP contribution in [0.2, 0.25) is 0 Å². The quantitative estimate of drug-likeness (QED) is 0.0222. The second-order valence-corrected chi connectivity index (χ2v) is 30.9. The zero-order chi connectivity index (χ0) is 70.5. The van der Waals surface area contributed by atoms with Crippen molar-refractivity contribution in [2.24, 2.45) is 5.92 Å². The SMILES string of the molecule is CCCCCCCCCCCCCCCCCCC(=O)OC[C@H](COP(=O)(O)OC[C@@H](O)COP(=O)(O)OC[C@@H](COC(=O)CCCCCCC)OC(=O)CCCCCCCCCCCCCCC)OC(=O)CCCCCCCCCCCCCCCCCCCCC(C)CC. The van der Waals surface area contributed by atoms with Crippen LogP contribution in [0.3, 0.4) is 0 Å². The number of unbranched alkanes of at least 4 members (excludes halogenated alkanes) is 48. The first-order valence-electron chi connectivity index (χ1n) is 40.2. The lowest BCUT2D eigenvalue weighted by atomic mass is 9.99. The highest BCUT2D eigenvalue weighted by molar-refractivity contribution is 7.47. The molecule has 96 heavy (non-hydrogen) atoms. The number of phosphoric acid groups is 2. The van der Waals surface area contributed by atoms with Gasteiger partial charge in [-0.25, -0.2) is 9.13 Å². The Hall–Kier alpha value is -1.94. The highest BCUT2D eigenvalue weighted by Crippen LogP contribution is 2.45. The second-order valence-electron chi connectivity index (χ2n) is 28.0. The monoisotopic (exact) mass is 1410 g/mol. The van der Waals surface area contributed by atoms with E-state index in [4.69, 9.17) is 37.0 Å². The first-order valence-corrected chi connectivity index (χ1v) is 43.2. The van der Waals surface area contributed by atoms with Crippen LogP contribution in [-0.4, -0.2) is 96.7 Å². The minimum atomic E-state index is -4.96. The van der Waals surface area contributed by atoms with Gasteiger partial charge in [0, 0.05) is 25.7 Å². The zero-order valence-corrected chi connectivity index (χ0v) is 64.3. The van der Waals surface area contributed by atoms with E-state index in [0.29, 0.717) is 25.7 Å². The smallest absolute Gasteiger partial charge is 0.462 e. The Morgan fingerprint density at radius 3 is 0.740 bits per heavy atom. The number of hydrogen-bond acceptors (Lipinski definition) is 15. The lowest BCUT2D eigenvalue weighted by Gasteiger charge is -2.21. The number of aliphatic hydroxyl groups is 1. The molecule has 0 bridgehead atoms. The van der Waals surface area contributed by atoms with Gasteiger partial charge in [0.15, 0.2) is 12.2 Å². The largest absolute Gasteiger partial charge is 0.472 e. The van der Waals surface area contributed by atoms with Gasteiger partial charge >= 0.3 is 39.5 Å². The highest BCUT2D eigenvalue weighted by Gasteiger charge is 2.30. The molecular formula is C77H150O17P2. The van der Waals surface area contributed by atoms with Crippen LogP contribution < -0.4 is 0 Å². The van der Waals surface area contributed by atoms with Crippen molar-refractivity contribution in [3.05, 3.63) is 0 Å². The average Bonchev–Trinajstić information content (AvgIpc) is 2.15.